The molecule has 1 aliphatic rings. The molecule has 0 spiro atoms. The van der Waals surface area contributed by atoms with Crippen LogP contribution >= 0.6 is 11.3 Å². The largest absolute Gasteiger partial charge is 0.444 e. The number of hydrogen-bond acceptors (Lipinski definition) is 8. The summed E-state index contributed by atoms with van der Waals surface area (Å²) in [5, 5.41) is 5.98. The molecule has 10 nitrogen and oxygen atoms in total. The van der Waals surface area contributed by atoms with Gasteiger partial charge in [0.15, 0.2) is 16.6 Å². The van der Waals surface area contributed by atoms with Crippen molar-refractivity contribution in [3.63, 3.8) is 0 Å². The average molecular weight is 579 g/mol. The molecule has 0 aliphatic carbocycles. The van der Waals surface area contributed by atoms with E-state index in [9.17, 15) is 9.18 Å². The maximum Gasteiger partial charge on any atom is 0.410 e. The zero-order valence-electron chi connectivity index (χ0n) is 23.2. The highest BCUT2D eigenvalue weighted by Crippen LogP contribution is 2.42. The molecule has 0 saturated carbocycles. The van der Waals surface area contributed by atoms with Crippen molar-refractivity contribution in [2.45, 2.75) is 47.1 Å². The SMILES string of the molecule is C.[C-]#[N+]c1sc(N(C)c2c(CC)nc3ccc(N4CCN(C(=O)OC(C)(C)C)CC4)nn23)nc1-c1ccc(F)cc1. The van der Waals surface area contributed by atoms with Crippen LogP contribution in [0.4, 0.5) is 31.0 Å². The Labute approximate surface area is 243 Å². The third-order valence-corrected chi connectivity index (χ3v) is 7.55. The maximum absolute atomic E-state index is 13.5. The summed E-state index contributed by atoms with van der Waals surface area (Å²) in [5.41, 5.74) is 2.22. The molecular weight excluding hydrogens is 543 g/mol. The van der Waals surface area contributed by atoms with Crippen molar-refractivity contribution in [1.82, 2.24) is 24.5 Å². The number of ether oxygens (including phenoxy) is 1. The number of aromatic nitrogens is 4. The summed E-state index contributed by atoms with van der Waals surface area (Å²) in [5.74, 6) is 1.20. The number of anilines is 3. The van der Waals surface area contributed by atoms with E-state index in [1.807, 2.05) is 56.3 Å². The van der Waals surface area contributed by atoms with Gasteiger partial charge >= 0.3 is 6.09 Å². The van der Waals surface area contributed by atoms with Gasteiger partial charge in [-0.2, -0.15) is 4.52 Å². The summed E-state index contributed by atoms with van der Waals surface area (Å²) >= 11 is 1.27. The van der Waals surface area contributed by atoms with E-state index < -0.39 is 5.60 Å². The fourth-order valence-corrected chi connectivity index (χ4v) is 5.39. The fourth-order valence-electron chi connectivity index (χ4n) is 4.55. The van der Waals surface area contributed by atoms with Crippen LogP contribution in [-0.2, 0) is 11.2 Å². The number of nitrogens with zero attached hydrogens (tertiary/aromatic N) is 8. The zero-order valence-corrected chi connectivity index (χ0v) is 24.0. The van der Waals surface area contributed by atoms with Gasteiger partial charge in [0.25, 0.3) is 5.00 Å². The average Bonchev–Trinajstić information content (AvgIpc) is 3.53. The third kappa shape index (κ3) is 6.10. The van der Waals surface area contributed by atoms with Crippen molar-refractivity contribution >= 4 is 44.8 Å². The van der Waals surface area contributed by atoms with Gasteiger partial charge in [0.05, 0.1) is 18.0 Å². The number of carbonyl (C=O) groups excluding carboxylic acids is 1. The molecule has 0 atom stereocenters. The molecule has 3 aromatic heterocycles. The predicted octanol–water partition coefficient (Wildman–Crippen LogP) is 6.57. The van der Waals surface area contributed by atoms with Crippen molar-refractivity contribution in [3.8, 4) is 11.3 Å². The van der Waals surface area contributed by atoms with Crippen LogP contribution in [0.5, 0.6) is 0 Å². The third-order valence-electron chi connectivity index (χ3n) is 6.52. The lowest BCUT2D eigenvalue weighted by Crippen LogP contribution is -2.50. The smallest absolute Gasteiger partial charge is 0.410 e. The maximum atomic E-state index is 13.5. The van der Waals surface area contributed by atoms with Crippen LogP contribution in [0.3, 0.4) is 0 Å². The molecule has 1 fully saturated rings. The molecule has 41 heavy (non-hydrogen) atoms. The minimum Gasteiger partial charge on any atom is -0.444 e. The molecule has 0 unspecified atom stereocenters. The predicted molar refractivity (Wildman–Crippen MR) is 161 cm³/mol. The number of piperazine rings is 1. The molecule has 1 saturated heterocycles. The van der Waals surface area contributed by atoms with Crippen LogP contribution in [0.1, 0.15) is 40.8 Å². The van der Waals surface area contributed by atoms with Gasteiger partial charge in [-0.1, -0.05) is 26.5 Å². The van der Waals surface area contributed by atoms with E-state index >= 15 is 0 Å². The minimum absolute atomic E-state index is 0. The summed E-state index contributed by atoms with van der Waals surface area (Å²) in [7, 11) is 1.89. The van der Waals surface area contributed by atoms with Crippen LogP contribution < -0.4 is 9.80 Å². The highest BCUT2D eigenvalue weighted by atomic mass is 32.1. The first-order valence-corrected chi connectivity index (χ1v) is 13.9. The van der Waals surface area contributed by atoms with Gasteiger partial charge in [-0.25, -0.2) is 24.0 Å². The van der Waals surface area contributed by atoms with E-state index in [1.165, 1.54) is 23.5 Å². The van der Waals surface area contributed by atoms with E-state index in [0.29, 0.717) is 59.6 Å². The molecular formula is C29H35FN8O2S. The van der Waals surface area contributed by atoms with E-state index in [1.54, 1.807) is 17.0 Å². The molecule has 4 aromatic rings. The van der Waals surface area contributed by atoms with Crippen LogP contribution in [0.25, 0.3) is 21.7 Å². The van der Waals surface area contributed by atoms with Crippen molar-refractivity contribution < 1.29 is 13.9 Å². The van der Waals surface area contributed by atoms with E-state index in [-0.39, 0.29) is 19.3 Å². The summed E-state index contributed by atoms with van der Waals surface area (Å²) in [6, 6.07) is 9.88. The summed E-state index contributed by atoms with van der Waals surface area (Å²) in [6.45, 7) is 17.6. The van der Waals surface area contributed by atoms with Crippen LogP contribution in [0, 0.1) is 12.4 Å². The topological polar surface area (TPSA) is 83.5 Å². The monoisotopic (exact) mass is 578 g/mol. The number of carbonyl (C=O) groups is 1. The molecule has 1 amide bonds. The van der Waals surface area contributed by atoms with Gasteiger partial charge in [-0.15, -0.1) is 16.4 Å². The Morgan fingerprint density at radius 2 is 1.80 bits per heavy atom. The Hall–Kier alpha value is -4.24. The molecule has 12 heteroatoms. The van der Waals surface area contributed by atoms with Crippen molar-refractivity contribution in [2.24, 2.45) is 0 Å². The van der Waals surface area contributed by atoms with Gasteiger partial charge in [-0.05, 0) is 57.0 Å². The molecule has 1 aliphatic heterocycles. The summed E-state index contributed by atoms with van der Waals surface area (Å²) in [6.07, 6.45) is 0.377. The fraction of sp³-hybridized carbons (Fsp3) is 0.414. The summed E-state index contributed by atoms with van der Waals surface area (Å²) < 4.78 is 20.8. The van der Waals surface area contributed by atoms with Gasteiger partial charge in [0, 0.05) is 33.2 Å². The lowest BCUT2D eigenvalue weighted by Gasteiger charge is -2.36. The van der Waals surface area contributed by atoms with Gasteiger partial charge in [-0.3, -0.25) is 0 Å². The first-order valence-electron chi connectivity index (χ1n) is 13.1. The molecule has 4 heterocycles. The number of rotatable bonds is 5. The first-order chi connectivity index (χ1) is 19.1. The van der Waals surface area contributed by atoms with Crippen LogP contribution in [0.2, 0.25) is 0 Å². The van der Waals surface area contributed by atoms with Gasteiger partial charge < -0.3 is 19.4 Å². The molecule has 216 valence electrons. The normalized spacial score (nSPS) is 13.6. The number of benzene rings is 1. The molecule has 0 bridgehead atoms. The van der Waals surface area contributed by atoms with Crippen molar-refractivity contribution in [1.29, 1.82) is 0 Å². The van der Waals surface area contributed by atoms with Gasteiger partial charge in [0.1, 0.15) is 17.2 Å². The highest BCUT2D eigenvalue weighted by Gasteiger charge is 2.27. The number of amides is 1. The van der Waals surface area contributed by atoms with Gasteiger partial charge in [0.2, 0.25) is 0 Å². The second kappa shape index (κ2) is 11.7. The first kappa shape index (κ1) is 29.7. The molecule has 1 aromatic carbocycles. The second-order valence-electron chi connectivity index (χ2n) is 10.5. The number of imidazole rings is 1. The Morgan fingerprint density at radius 1 is 1.12 bits per heavy atom. The highest BCUT2D eigenvalue weighted by molar-refractivity contribution is 7.20. The Morgan fingerprint density at radius 3 is 2.41 bits per heavy atom. The van der Waals surface area contributed by atoms with E-state index in [0.717, 1.165) is 17.3 Å². The number of fused-ring (bicyclic) bond motifs is 1. The Balaban J connectivity index is 0.00000387. The number of aryl methyl sites for hydroxylation is 1. The van der Waals surface area contributed by atoms with Crippen molar-refractivity contribution in [3.05, 3.63) is 59.3 Å². The standard InChI is InChI=1S/C28H31FN8O2S.CH4/c1-7-20-25(34(6)26-32-23(24(30-5)40-26)18-8-10-19(29)11-9-18)37-21(31-20)12-13-22(33-37)35-14-16-36(17-15-35)27(38)39-28(2,3)4;/h8-13H,7,14-17H2,1-4,6H3;1H4. The lowest BCUT2D eigenvalue weighted by atomic mass is 10.1. The lowest BCUT2D eigenvalue weighted by molar-refractivity contribution is 0.0240. The molecule has 0 N–H and O–H groups in total. The van der Waals surface area contributed by atoms with Crippen molar-refractivity contribution in [2.75, 3.05) is 43.0 Å². The Kier molecular flexibility index (Phi) is 8.49. The zero-order chi connectivity index (χ0) is 28.6. The number of thiazole rings is 1. The van der Waals surface area contributed by atoms with Crippen LogP contribution in [-0.4, -0.2) is 69.4 Å². The van der Waals surface area contributed by atoms with E-state index in [4.69, 9.17) is 26.4 Å². The van der Waals surface area contributed by atoms with E-state index in [2.05, 4.69) is 9.74 Å². The summed E-state index contributed by atoms with van der Waals surface area (Å²) in [4.78, 5) is 31.5. The molecule has 0 radical (unpaired) electrons. The second-order valence-corrected chi connectivity index (χ2v) is 11.4. The minimum atomic E-state index is -0.533. The molecule has 5 rings (SSSR count). The Bertz CT molecular complexity index is 1580. The number of hydrogen-bond donors (Lipinski definition) is 0. The number of halogens is 1. The quantitative estimate of drug-likeness (QED) is 0.248. The van der Waals surface area contributed by atoms with Crippen LogP contribution in [0.15, 0.2) is 36.4 Å².